The number of imide groups is 1. The number of carbonyl (C=O) groups excluding carboxylic acids is 2. The van der Waals surface area contributed by atoms with Gasteiger partial charge in [0.2, 0.25) is 0 Å². The third-order valence-corrected chi connectivity index (χ3v) is 27.0. The highest BCUT2D eigenvalue weighted by molar-refractivity contribution is 7.54. The van der Waals surface area contributed by atoms with Gasteiger partial charge in [0.05, 0.1) is 82.2 Å². The van der Waals surface area contributed by atoms with Gasteiger partial charge in [-0.15, -0.1) is 56.7 Å². The Morgan fingerprint density at radius 1 is 0.455 bits per heavy atom. The van der Waals surface area contributed by atoms with E-state index in [-0.39, 0.29) is 24.1 Å². The first-order valence-electron chi connectivity index (χ1n) is 33.9. The zero-order valence-corrected chi connectivity index (χ0v) is 61.1. The molecule has 18 heteroatoms. The highest BCUT2D eigenvalue weighted by Crippen LogP contribution is 2.57. The molecule has 6 aromatic rings. The average molecular weight is 1340 g/mol. The summed E-state index contributed by atoms with van der Waals surface area (Å²) in [5.41, 5.74) is 2.93. The van der Waals surface area contributed by atoms with Gasteiger partial charge in [-0.3, -0.25) is 23.6 Å². The van der Waals surface area contributed by atoms with Crippen molar-refractivity contribution in [3.05, 3.63) is 56.3 Å². The van der Waals surface area contributed by atoms with Crippen molar-refractivity contribution < 1.29 is 46.3 Å². The van der Waals surface area contributed by atoms with E-state index in [0.717, 1.165) is 212 Å². The zero-order chi connectivity index (χ0) is 63.2. The van der Waals surface area contributed by atoms with E-state index in [9.17, 15) is 9.13 Å². The third-order valence-electron chi connectivity index (χ3n) is 17.0. The lowest BCUT2D eigenvalue weighted by Gasteiger charge is -2.19. The Kier molecular flexibility index (Phi) is 30.3. The minimum absolute atomic E-state index is 0.188. The number of ether oxygens (including phenoxy) is 2. The van der Waals surface area contributed by atoms with Crippen LogP contribution in [-0.4, -0.2) is 75.2 Å². The van der Waals surface area contributed by atoms with Gasteiger partial charge in [0.1, 0.15) is 11.5 Å². The summed E-state index contributed by atoms with van der Waals surface area (Å²) in [6, 6.07) is 8.89. The Balaban J connectivity index is 1.41. The van der Waals surface area contributed by atoms with E-state index < -0.39 is 15.2 Å². The summed E-state index contributed by atoms with van der Waals surface area (Å²) < 4.78 is 70.2. The minimum Gasteiger partial charge on any atom is -0.491 e. The van der Waals surface area contributed by atoms with Crippen molar-refractivity contribution in [1.29, 1.82) is 0 Å². The second-order valence-corrected chi connectivity index (χ2v) is 34.2. The van der Waals surface area contributed by atoms with Crippen LogP contribution in [0.25, 0.3) is 49.4 Å². The molecule has 0 saturated carbocycles. The molecule has 2 unspecified atom stereocenters. The molecule has 1 aliphatic heterocycles. The van der Waals surface area contributed by atoms with Crippen LogP contribution in [-0.2, 0) is 40.1 Å². The van der Waals surface area contributed by atoms with Gasteiger partial charge in [0, 0.05) is 46.6 Å². The second kappa shape index (κ2) is 36.7. The predicted octanol–water partition coefficient (Wildman–Crippen LogP) is 23.8. The van der Waals surface area contributed by atoms with Crippen molar-refractivity contribution in [1.82, 2.24) is 4.90 Å². The van der Waals surface area contributed by atoms with Crippen molar-refractivity contribution in [2.24, 2.45) is 11.8 Å². The highest BCUT2D eigenvalue weighted by Gasteiger charge is 2.43. The van der Waals surface area contributed by atoms with E-state index >= 15 is 9.59 Å². The summed E-state index contributed by atoms with van der Waals surface area (Å²) in [6.07, 6.45) is 23.3. The first-order chi connectivity index (χ1) is 42.6. The average Bonchev–Trinajstić information content (AvgIpc) is 1.88. The normalized spacial score (nSPS) is 13.7. The second-order valence-electron chi connectivity index (χ2n) is 24.2. The largest absolute Gasteiger partial charge is 0.491 e. The van der Waals surface area contributed by atoms with Crippen LogP contribution in [0.3, 0.4) is 0 Å². The van der Waals surface area contributed by atoms with Crippen molar-refractivity contribution in [2.75, 3.05) is 58.5 Å². The lowest BCUT2D eigenvalue weighted by molar-refractivity contribution is 0.0651. The van der Waals surface area contributed by atoms with Crippen LogP contribution in [0, 0.1) is 25.7 Å². The van der Waals surface area contributed by atoms with Crippen LogP contribution < -0.4 is 9.47 Å². The van der Waals surface area contributed by atoms with Crippen LogP contribution in [0.5, 0.6) is 11.5 Å². The zero-order valence-electron chi connectivity index (χ0n) is 55.3. The first kappa shape index (κ1) is 72.7. The third kappa shape index (κ3) is 19.2. The number of amides is 2. The van der Waals surface area contributed by atoms with Gasteiger partial charge >= 0.3 is 15.2 Å². The molecule has 5 aromatic heterocycles. The van der Waals surface area contributed by atoms with Gasteiger partial charge in [-0.05, 0) is 119 Å². The molecular formula is C70H105NO10P2S5. The highest BCUT2D eigenvalue weighted by atomic mass is 32.1. The van der Waals surface area contributed by atoms with Crippen LogP contribution in [0.4, 0.5) is 0 Å². The number of hydrogen-bond donors (Lipinski definition) is 0. The van der Waals surface area contributed by atoms with Gasteiger partial charge in [0.15, 0.2) is 0 Å². The molecule has 7 rings (SSSR count). The van der Waals surface area contributed by atoms with Gasteiger partial charge in [-0.2, -0.15) is 0 Å². The van der Waals surface area contributed by atoms with Gasteiger partial charge < -0.3 is 27.6 Å². The number of nitrogens with zero attached hydrogens (tertiary/aromatic N) is 1. The fourth-order valence-corrected chi connectivity index (χ4v) is 20.7. The molecule has 1 aliphatic rings. The molecule has 0 fully saturated rings. The smallest absolute Gasteiger partial charge is 0.331 e. The molecule has 2 atom stereocenters. The lowest BCUT2D eigenvalue weighted by atomic mass is 10.0. The van der Waals surface area contributed by atoms with Crippen LogP contribution in [0.2, 0.25) is 0 Å². The molecule has 2 amide bonds. The summed E-state index contributed by atoms with van der Waals surface area (Å²) in [4.78, 5) is 39.5. The molecule has 0 spiro atoms. The fraction of sp³-hybridized carbons (Fsp3) is 0.657. The monoisotopic (exact) mass is 1340 g/mol. The maximum absolute atomic E-state index is 15.2. The number of unbranched alkanes of at least 4 members (excludes halogenated alkanes) is 11. The van der Waals surface area contributed by atoms with Gasteiger partial charge in [-0.1, -0.05) is 159 Å². The lowest BCUT2D eigenvalue weighted by Crippen LogP contribution is -2.31. The standard InChI is InChI=1S/C70H105NO10P2S5/c1-12-21-28-29-30-31-36-71-69(72)60-61(70(71)73)68(88-67(60)57-44-53(50(11)85-57)34-41-82(74,78-37-24-15-4)79-38-25-16-5)58-45-54(35-42-83(75,80-39-26-17-6)81-40-27-18-7)64(86-58)59-46-56-63(77-48-52(20-9)33-23-14-3)65-55(43-49(10)84-65)62(66(56)87-59)76-47-51(19-8)32-22-13-2/h43-46,51-52H,12-42,47-48H2,1-11H3. The molecule has 0 radical (unpaired) electrons. The van der Waals surface area contributed by atoms with Crippen LogP contribution >= 0.6 is 71.9 Å². The molecule has 1 aromatic carbocycles. The van der Waals surface area contributed by atoms with E-state index in [4.69, 9.17) is 27.6 Å². The topological polar surface area (TPSA) is 127 Å². The molecular weight excluding hydrogens is 1240 g/mol. The maximum atomic E-state index is 15.2. The summed E-state index contributed by atoms with van der Waals surface area (Å²) in [5, 5.41) is 2.11. The minimum atomic E-state index is -3.54. The number of fused-ring (bicyclic) bond motifs is 3. The predicted molar refractivity (Wildman–Crippen MR) is 379 cm³/mol. The maximum Gasteiger partial charge on any atom is 0.331 e. The molecule has 0 N–H and O–H groups in total. The Morgan fingerprint density at radius 2 is 0.886 bits per heavy atom. The molecule has 490 valence electrons. The quantitative estimate of drug-likeness (QED) is 0.0207. The van der Waals surface area contributed by atoms with E-state index in [1.807, 2.05) is 0 Å². The Labute approximate surface area is 548 Å². The van der Waals surface area contributed by atoms with Crippen molar-refractivity contribution in [2.45, 2.75) is 230 Å². The molecule has 11 nitrogen and oxygen atoms in total. The van der Waals surface area contributed by atoms with Gasteiger partial charge in [0.25, 0.3) is 11.8 Å². The molecule has 88 heavy (non-hydrogen) atoms. The molecule has 6 heterocycles. The Hall–Kier alpha value is -2.72. The van der Waals surface area contributed by atoms with Crippen LogP contribution in [0.15, 0.2) is 24.3 Å². The summed E-state index contributed by atoms with van der Waals surface area (Å²) in [5.74, 6) is 2.15. The van der Waals surface area contributed by atoms with Crippen molar-refractivity contribution in [3.63, 3.8) is 0 Å². The number of rotatable bonds is 46. The number of carbonyl (C=O) groups is 2. The van der Waals surface area contributed by atoms with Crippen molar-refractivity contribution in [3.8, 4) is 40.8 Å². The molecule has 0 aliphatic carbocycles. The molecule has 0 saturated heterocycles. The number of hydrogen-bond acceptors (Lipinski definition) is 15. The van der Waals surface area contributed by atoms with E-state index in [2.05, 4.69) is 100 Å². The SMILES string of the molecule is CCCCCCCCN1C(=O)c2c(-c3cc(CCP(=O)(OCCCC)OCCCC)c(C)s3)sc(-c3cc(CCP(=O)(OCCCC)OCCCC)c(-c4cc5c(OCC(CC)CCCC)c6sc(C)cc6c(OCC(CC)CCCC)c5s4)s3)c2C1=O. The number of benzene rings is 1. The summed E-state index contributed by atoms with van der Waals surface area (Å²) in [7, 11) is -6.92. The van der Waals surface area contributed by atoms with Crippen LogP contribution in [0.1, 0.15) is 245 Å². The Morgan fingerprint density at radius 3 is 1.39 bits per heavy atom. The first-order valence-corrected chi connectivity index (χ1v) is 41.4. The van der Waals surface area contributed by atoms with Crippen molar-refractivity contribution >= 4 is 104 Å². The van der Waals surface area contributed by atoms with E-state index in [1.54, 1.807) is 45.3 Å². The van der Waals surface area contributed by atoms with E-state index in [1.165, 1.54) is 27.5 Å². The fourth-order valence-electron chi connectivity index (χ4n) is 11.3. The van der Waals surface area contributed by atoms with Gasteiger partial charge in [-0.25, -0.2) is 0 Å². The molecule has 0 bridgehead atoms. The van der Waals surface area contributed by atoms with E-state index in [0.29, 0.717) is 82.0 Å². The summed E-state index contributed by atoms with van der Waals surface area (Å²) >= 11 is 8.24. The Bertz CT molecular complexity index is 3140. The summed E-state index contributed by atoms with van der Waals surface area (Å²) in [6.45, 7) is 27.0. The number of aryl methyl sites for hydroxylation is 4. The number of thiophene rings is 5.